The fourth-order valence-corrected chi connectivity index (χ4v) is 1.75. The SMILES string of the molecule is CCC(O)(CN)CCCn1cc(Cl)c(C)n1. The van der Waals surface area contributed by atoms with Crippen molar-refractivity contribution < 1.29 is 5.11 Å². The van der Waals surface area contributed by atoms with Crippen LogP contribution in [0.2, 0.25) is 5.02 Å². The highest BCUT2D eigenvalue weighted by molar-refractivity contribution is 6.31. The summed E-state index contributed by atoms with van der Waals surface area (Å²) in [6.45, 7) is 4.89. The van der Waals surface area contributed by atoms with Crippen molar-refractivity contribution >= 4 is 11.6 Å². The van der Waals surface area contributed by atoms with E-state index in [-0.39, 0.29) is 0 Å². The molecule has 0 aliphatic heterocycles. The van der Waals surface area contributed by atoms with Crippen molar-refractivity contribution in [2.45, 2.75) is 45.3 Å². The third kappa shape index (κ3) is 3.47. The first-order chi connectivity index (χ1) is 7.50. The van der Waals surface area contributed by atoms with E-state index in [0.717, 1.165) is 18.7 Å². The van der Waals surface area contributed by atoms with E-state index < -0.39 is 5.60 Å². The lowest BCUT2D eigenvalue weighted by Crippen LogP contribution is -2.37. The van der Waals surface area contributed by atoms with Gasteiger partial charge < -0.3 is 10.8 Å². The highest BCUT2D eigenvalue weighted by atomic mass is 35.5. The van der Waals surface area contributed by atoms with E-state index in [4.69, 9.17) is 17.3 Å². The standard InChI is InChI=1S/C11H20ClN3O/c1-3-11(16,8-13)5-4-6-15-7-10(12)9(2)14-15/h7,16H,3-6,8,13H2,1-2H3. The van der Waals surface area contributed by atoms with Gasteiger partial charge in [0.05, 0.1) is 16.3 Å². The molecule has 0 saturated carbocycles. The van der Waals surface area contributed by atoms with Crippen molar-refractivity contribution in [2.75, 3.05) is 6.54 Å². The first kappa shape index (κ1) is 13.5. The molecule has 1 aromatic rings. The smallest absolute Gasteiger partial charge is 0.0814 e. The molecule has 0 aliphatic carbocycles. The number of aliphatic hydroxyl groups is 1. The average molecular weight is 246 g/mol. The number of halogens is 1. The Morgan fingerprint density at radius 1 is 1.62 bits per heavy atom. The van der Waals surface area contributed by atoms with E-state index in [1.165, 1.54) is 0 Å². The number of rotatable bonds is 6. The first-order valence-electron chi connectivity index (χ1n) is 5.63. The number of hydrogen-bond acceptors (Lipinski definition) is 3. The number of nitrogens with zero attached hydrogens (tertiary/aromatic N) is 2. The zero-order valence-electron chi connectivity index (χ0n) is 9.91. The average Bonchev–Trinajstić information content (AvgIpc) is 2.58. The van der Waals surface area contributed by atoms with E-state index >= 15 is 0 Å². The molecule has 0 bridgehead atoms. The molecule has 16 heavy (non-hydrogen) atoms. The second-order valence-corrected chi connectivity index (χ2v) is 4.62. The zero-order valence-corrected chi connectivity index (χ0v) is 10.7. The molecule has 3 N–H and O–H groups in total. The molecule has 1 rings (SSSR count). The number of aryl methyl sites for hydroxylation is 2. The van der Waals surface area contributed by atoms with Gasteiger partial charge in [-0.3, -0.25) is 4.68 Å². The van der Waals surface area contributed by atoms with Crippen LogP contribution in [-0.4, -0.2) is 27.0 Å². The van der Waals surface area contributed by atoms with Gasteiger partial charge in [0, 0.05) is 19.3 Å². The Labute approximate surface area is 101 Å². The summed E-state index contributed by atoms with van der Waals surface area (Å²) in [6.07, 6.45) is 4.03. The molecule has 0 saturated heterocycles. The Hall–Kier alpha value is -0.580. The lowest BCUT2D eigenvalue weighted by molar-refractivity contribution is 0.0331. The van der Waals surface area contributed by atoms with Crippen LogP contribution < -0.4 is 5.73 Å². The van der Waals surface area contributed by atoms with Crippen LogP contribution in [0.5, 0.6) is 0 Å². The summed E-state index contributed by atoms with van der Waals surface area (Å²) in [7, 11) is 0. The predicted octanol–water partition coefficient (Wildman–Crippen LogP) is 1.72. The van der Waals surface area contributed by atoms with Gasteiger partial charge in [-0.05, 0) is 26.2 Å². The van der Waals surface area contributed by atoms with Crippen molar-refractivity contribution in [1.82, 2.24) is 9.78 Å². The van der Waals surface area contributed by atoms with E-state index in [1.807, 2.05) is 24.7 Å². The molecule has 1 unspecified atom stereocenters. The van der Waals surface area contributed by atoms with Crippen LogP contribution >= 0.6 is 11.6 Å². The summed E-state index contributed by atoms with van der Waals surface area (Å²) < 4.78 is 1.81. The number of nitrogens with two attached hydrogens (primary N) is 1. The van der Waals surface area contributed by atoms with Gasteiger partial charge in [0.25, 0.3) is 0 Å². The van der Waals surface area contributed by atoms with Crippen molar-refractivity contribution in [3.8, 4) is 0 Å². The van der Waals surface area contributed by atoms with Crippen molar-refractivity contribution in [1.29, 1.82) is 0 Å². The lowest BCUT2D eigenvalue weighted by atomic mass is 9.95. The van der Waals surface area contributed by atoms with E-state index in [1.54, 1.807) is 0 Å². The summed E-state index contributed by atoms with van der Waals surface area (Å²) in [5.74, 6) is 0. The van der Waals surface area contributed by atoms with Crippen molar-refractivity contribution in [2.24, 2.45) is 5.73 Å². The second-order valence-electron chi connectivity index (χ2n) is 4.21. The normalized spacial score (nSPS) is 15.1. The Kier molecular flexibility index (Phi) is 4.77. The van der Waals surface area contributed by atoms with E-state index in [0.29, 0.717) is 24.4 Å². The van der Waals surface area contributed by atoms with Crippen LogP contribution in [0.4, 0.5) is 0 Å². The van der Waals surface area contributed by atoms with Crippen molar-refractivity contribution in [3.05, 3.63) is 16.9 Å². The fraction of sp³-hybridized carbons (Fsp3) is 0.727. The highest BCUT2D eigenvalue weighted by Crippen LogP contribution is 2.17. The molecule has 0 fully saturated rings. The van der Waals surface area contributed by atoms with Gasteiger partial charge >= 0.3 is 0 Å². The molecule has 0 amide bonds. The van der Waals surface area contributed by atoms with Gasteiger partial charge in [-0.1, -0.05) is 18.5 Å². The Morgan fingerprint density at radius 3 is 2.75 bits per heavy atom. The fourth-order valence-electron chi connectivity index (χ4n) is 1.60. The largest absolute Gasteiger partial charge is 0.389 e. The molecular formula is C11H20ClN3O. The summed E-state index contributed by atoms with van der Waals surface area (Å²) in [5, 5.41) is 14.9. The zero-order chi connectivity index (χ0) is 12.2. The molecule has 1 atom stereocenters. The summed E-state index contributed by atoms with van der Waals surface area (Å²) in [4.78, 5) is 0. The Morgan fingerprint density at radius 2 is 2.31 bits per heavy atom. The molecule has 92 valence electrons. The van der Waals surface area contributed by atoms with Gasteiger partial charge in [-0.25, -0.2) is 0 Å². The maximum absolute atomic E-state index is 9.99. The minimum Gasteiger partial charge on any atom is -0.389 e. The first-order valence-corrected chi connectivity index (χ1v) is 6.00. The van der Waals surface area contributed by atoms with Gasteiger partial charge in [-0.15, -0.1) is 0 Å². The highest BCUT2D eigenvalue weighted by Gasteiger charge is 2.21. The summed E-state index contributed by atoms with van der Waals surface area (Å²) in [6, 6.07) is 0. The van der Waals surface area contributed by atoms with E-state index in [9.17, 15) is 5.11 Å². The van der Waals surface area contributed by atoms with Crippen LogP contribution in [0.1, 0.15) is 31.9 Å². The molecule has 0 aromatic carbocycles. The summed E-state index contributed by atoms with van der Waals surface area (Å²) >= 11 is 5.90. The van der Waals surface area contributed by atoms with Crippen LogP contribution in [0, 0.1) is 6.92 Å². The van der Waals surface area contributed by atoms with Gasteiger partial charge in [-0.2, -0.15) is 5.10 Å². The van der Waals surface area contributed by atoms with Gasteiger partial charge in [0.1, 0.15) is 0 Å². The van der Waals surface area contributed by atoms with Crippen LogP contribution in [-0.2, 0) is 6.54 Å². The monoisotopic (exact) mass is 245 g/mol. The van der Waals surface area contributed by atoms with E-state index in [2.05, 4.69) is 5.10 Å². The molecule has 4 nitrogen and oxygen atoms in total. The topological polar surface area (TPSA) is 64.1 Å². The number of aromatic nitrogens is 2. The third-order valence-electron chi connectivity index (χ3n) is 2.95. The molecule has 1 heterocycles. The van der Waals surface area contributed by atoms with Gasteiger partial charge in [0.15, 0.2) is 0 Å². The third-order valence-corrected chi connectivity index (χ3v) is 3.32. The van der Waals surface area contributed by atoms with Crippen LogP contribution in [0.3, 0.4) is 0 Å². The molecule has 1 aromatic heterocycles. The maximum atomic E-state index is 9.99. The minimum atomic E-state index is -0.730. The summed E-state index contributed by atoms with van der Waals surface area (Å²) in [5.41, 5.74) is 5.64. The minimum absolute atomic E-state index is 0.308. The molecule has 0 spiro atoms. The molecule has 0 aliphatic rings. The predicted molar refractivity (Wildman–Crippen MR) is 65.5 cm³/mol. The quantitative estimate of drug-likeness (QED) is 0.802. The second kappa shape index (κ2) is 5.66. The van der Waals surface area contributed by atoms with Gasteiger partial charge in [0.2, 0.25) is 0 Å². The molecule has 5 heteroatoms. The number of hydrogen-bond donors (Lipinski definition) is 2. The lowest BCUT2D eigenvalue weighted by Gasteiger charge is -2.24. The Bertz CT molecular complexity index is 314. The maximum Gasteiger partial charge on any atom is 0.0814 e. The molecular weight excluding hydrogens is 226 g/mol. The Balaban J connectivity index is 2.41. The van der Waals surface area contributed by atoms with Crippen molar-refractivity contribution in [3.63, 3.8) is 0 Å². The van der Waals surface area contributed by atoms with Crippen LogP contribution in [0.15, 0.2) is 6.20 Å². The van der Waals surface area contributed by atoms with Crippen LogP contribution in [0.25, 0.3) is 0 Å². The molecule has 0 radical (unpaired) electrons.